The van der Waals surface area contributed by atoms with Crippen LogP contribution in [0.4, 0.5) is 0 Å². The lowest BCUT2D eigenvalue weighted by atomic mass is 10.1. The van der Waals surface area contributed by atoms with E-state index in [1.165, 1.54) is 13.0 Å². The van der Waals surface area contributed by atoms with Crippen molar-refractivity contribution in [2.75, 3.05) is 6.54 Å². The van der Waals surface area contributed by atoms with Crippen LogP contribution in [0.1, 0.15) is 38.1 Å². The summed E-state index contributed by atoms with van der Waals surface area (Å²) in [6.07, 6.45) is 3.17. The van der Waals surface area contributed by atoms with Crippen molar-refractivity contribution in [1.29, 1.82) is 0 Å². The third-order valence-corrected chi connectivity index (χ3v) is 3.27. The Hall–Kier alpha value is -2.44. The SMILES string of the molecule is CC(=O)N1CC(=O)N/C(=C\c2ncn(C)c2C(C)C)C1=O. The number of rotatable bonds is 2. The van der Waals surface area contributed by atoms with E-state index in [1.54, 1.807) is 6.33 Å². The largest absolute Gasteiger partial charge is 0.337 e. The van der Waals surface area contributed by atoms with Crippen LogP contribution in [0.2, 0.25) is 0 Å². The number of hydrogen-bond donors (Lipinski definition) is 1. The van der Waals surface area contributed by atoms with Crippen LogP contribution in [-0.4, -0.2) is 38.7 Å². The van der Waals surface area contributed by atoms with Crippen LogP contribution in [0, 0.1) is 0 Å². The van der Waals surface area contributed by atoms with Gasteiger partial charge in [-0.05, 0) is 12.0 Å². The number of nitrogens with one attached hydrogen (secondary N) is 1. The molecule has 0 aliphatic carbocycles. The lowest BCUT2D eigenvalue weighted by Gasteiger charge is -2.25. The monoisotopic (exact) mass is 290 g/mol. The summed E-state index contributed by atoms with van der Waals surface area (Å²) in [5.74, 6) is -1.14. The van der Waals surface area contributed by atoms with Crippen LogP contribution in [0.25, 0.3) is 6.08 Å². The Morgan fingerprint density at radius 3 is 2.67 bits per heavy atom. The first-order valence-corrected chi connectivity index (χ1v) is 6.66. The highest BCUT2D eigenvalue weighted by atomic mass is 16.2. The van der Waals surface area contributed by atoms with Crippen LogP contribution in [0.5, 0.6) is 0 Å². The Labute approximate surface area is 122 Å². The fourth-order valence-corrected chi connectivity index (χ4v) is 2.36. The Morgan fingerprint density at radius 1 is 1.43 bits per heavy atom. The van der Waals surface area contributed by atoms with Crippen molar-refractivity contribution in [3.8, 4) is 0 Å². The number of piperazine rings is 1. The van der Waals surface area contributed by atoms with Gasteiger partial charge in [0.1, 0.15) is 12.2 Å². The number of imide groups is 1. The number of imidazole rings is 1. The number of carbonyl (C=O) groups is 3. The summed E-state index contributed by atoms with van der Waals surface area (Å²) in [7, 11) is 1.87. The molecule has 0 saturated carbocycles. The van der Waals surface area contributed by atoms with Gasteiger partial charge in [0.05, 0.1) is 12.0 Å². The number of nitrogens with zero attached hydrogens (tertiary/aromatic N) is 3. The van der Waals surface area contributed by atoms with Gasteiger partial charge in [0.25, 0.3) is 5.91 Å². The zero-order valence-corrected chi connectivity index (χ0v) is 12.5. The minimum atomic E-state index is -0.512. The number of carbonyl (C=O) groups excluding carboxylic acids is 3. The summed E-state index contributed by atoms with van der Waals surface area (Å²) in [5.41, 5.74) is 1.63. The normalized spacial score (nSPS) is 17.6. The van der Waals surface area contributed by atoms with Gasteiger partial charge in [-0.1, -0.05) is 13.8 Å². The second-order valence-electron chi connectivity index (χ2n) is 5.30. The summed E-state index contributed by atoms with van der Waals surface area (Å²) in [4.78, 5) is 40.4. The first-order valence-electron chi connectivity index (χ1n) is 6.66. The first kappa shape index (κ1) is 15.0. The molecule has 112 valence electrons. The Balaban J connectivity index is 2.42. The molecule has 21 heavy (non-hydrogen) atoms. The molecule has 1 aliphatic rings. The van der Waals surface area contributed by atoms with E-state index in [0.717, 1.165) is 10.6 Å². The van der Waals surface area contributed by atoms with E-state index in [0.29, 0.717) is 5.69 Å². The van der Waals surface area contributed by atoms with Crippen molar-refractivity contribution >= 4 is 23.8 Å². The number of hydrogen-bond acceptors (Lipinski definition) is 4. The zero-order chi connectivity index (χ0) is 15.7. The number of aryl methyl sites for hydroxylation is 1. The quantitative estimate of drug-likeness (QED) is 0.799. The van der Waals surface area contributed by atoms with Crippen molar-refractivity contribution in [3.63, 3.8) is 0 Å². The molecule has 7 heteroatoms. The molecule has 2 heterocycles. The van der Waals surface area contributed by atoms with Gasteiger partial charge >= 0.3 is 0 Å². The van der Waals surface area contributed by atoms with Crippen molar-refractivity contribution in [2.45, 2.75) is 26.7 Å². The van der Waals surface area contributed by atoms with E-state index in [-0.39, 0.29) is 18.2 Å². The van der Waals surface area contributed by atoms with E-state index in [2.05, 4.69) is 10.3 Å². The van der Waals surface area contributed by atoms with Gasteiger partial charge in [-0.2, -0.15) is 0 Å². The summed E-state index contributed by atoms with van der Waals surface area (Å²) < 4.78 is 1.87. The second kappa shape index (κ2) is 5.51. The fraction of sp³-hybridized carbons (Fsp3) is 0.429. The molecular weight excluding hydrogens is 272 g/mol. The van der Waals surface area contributed by atoms with Gasteiger partial charge in [0.2, 0.25) is 11.8 Å². The van der Waals surface area contributed by atoms with E-state index >= 15 is 0 Å². The standard InChI is InChI=1S/C14H18N4O3/c1-8(2)13-10(15-7-17(13)4)5-11-14(21)18(9(3)19)6-12(20)16-11/h5,7-8H,6H2,1-4H3,(H,16,20)/b11-5-. The lowest BCUT2D eigenvalue weighted by Crippen LogP contribution is -2.51. The average Bonchev–Trinajstić information content (AvgIpc) is 2.74. The summed E-state index contributed by atoms with van der Waals surface area (Å²) in [6, 6.07) is 0. The number of amides is 3. The van der Waals surface area contributed by atoms with Crippen molar-refractivity contribution in [1.82, 2.24) is 19.8 Å². The van der Waals surface area contributed by atoms with E-state index in [9.17, 15) is 14.4 Å². The lowest BCUT2D eigenvalue weighted by molar-refractivity contribution is -0.147. The average molecular weight is 290 g/mol. The molecule has 0 unspecified atom stereocenters. The third-order valence-electron chi connectivity index (χ3n) is 3.27. The minimum Gasteiger partial charge on any atom is -0.337 e. The Bertz CT molecular complexity index is 643. The van der Waals surface area contributed by atoms with Gasteiger partial charge in [0.15, 0.2) is 0 Å². The molecule has 0 atom stereocenters. The topological polar surface area (TPSA) is 84.3 Å². The summed E-state index contributed by atoms with van der Waals surface area (Å²) in [5, 5.41) is 2.50. The fourth-order valence-electron chi connectivity index (χ4n) is 2.36. The molecule has 1 saturated heterocycles. The van der Waals surface area contributed by atoms with Gasteiger partial charge < -0.3 is 9.88 Å². The molecule has 0 radical (unpaired) electrons. The predicted molar refractivity (Wildman–Crippen MR) is 75.8 cm³/mol. The number of aromatic nitrogens is 2. The molecule has 1 fully saturated rings. The second-order valence-corrected chi connectivity index (χ2v) is 5.30. The molecule has 0 bridgehead atoms. The molecule has 1 N–H and O–H groups in total. The van der Waals surface area contributed by atoms with Crippen LogP contribution >= 0.6 is 0 Å². The maximum absolute atomic E-state index is 12.2. The van der Waals surface area contributed by atoms with Crippen LogP contribution in [0.3, 0.4) is 0 Å². The maximum Gasteiger partial charge on any atom is 0.277 e. The van der Waals surface area contributed by atoms with Gasteiger partial charge in [-0.15, -0.1) is 0 Å². The van der Waals surface area contributed by atoms with Gasteiger partial charge in [-0.3, -0.25) is 19.3 Å². The van der Waals surface area contributed by atoms with Gasteiger partial charge in [-0.25, -0.2) is 4.98 Å². The van der Waals surface area contributed by atoms with Crippen LogP contribution in [-0.2, 0) is 21.4 Å². The smallest absolute Gasteiger partial charge is 0.277 e. The zero-order valence-electron chi connectivity index (χ0n) is 12.5. The van der Waals surface area contributed by atoms with Crippen molar-refractivity contribution in [2.24, 2.45) is 7.05 Å². The van der Waals surface area contributed by atoms with Crippen LogP contribution in [0.15, 0.2) is 12.0 Å². The minimum absolute atomic E-state index is 0.0713. The molecule has 0 aromatic carbocycles. The van der Waals surface area contributed by atoms with Crippen molar-refractivity contribution in [3.05, 3.63) is 23.4 Å². The van der Waals surface area contributed by atoms with Crippen LogP contribution < -0.4 is 5.32 Å². The Kier molecular flexibility index (Phi) is 3.93. The molecule has 1 aromatic heterocycles. The molecular formula is C14H18N4O3. The molecule has 1 aromatic rings. The highest BCUT2D eigenvalue weighted by molar-refractivity contribution is 6.12. The molecule has 7 nitrogen and oxygen atoms in total. The first-order chi connectivity index (χ1) is 9.81. The molecule has 3 amide bonds. The van der Waals surface area contributed by atoms with Gasteiger partial charge in [0, 0.05) is 19.7 Å². The predicted octanol–water partition coefficient (Wildman–Crippen LogP) is 0.389. The maximum atomic E-state index is 12.2. The van der Waals surface area contributed by atoms with E-state index in [4.69, 9.17) is 0 Å². The van der Waals surface area contributed by atoms with E-state index < -0.39 is 17.7 Å². The highest BCUT2D eigenvalue weighted by Crippen LogP contribution is 2.20. The summed E-state index contributed by atoms with van der Waals surface area (Å²) >= 11 is 0. The third kappa shape index (κ3) is 2.86. The van der Waals surface area contributed by atoms with E-state index in [1.807, 2.05) is 25.5 Å². The van der Waals surface area contributed by atoms with Crippen molar-refractivity contribution < 1.29 is 14.4 Å². The molecule has 2 rings (SSSR count). The molecule has 0 spiro atoms. The highest BCUT2D eigenvalue weighted by Gasteiger charge is 2.31. The molecule has 1 aliphatic heterocycles. The summed E-state index contributed by atoms with van der Waals surface area (Å²) in [6.45, 7) is 5.05. The Morgan fingerprint density at radius 2 is 2.10 bits per heavy atom.